The highest BCUT2D eigenvalue weighted by atomic mass is 127. The summed E-state index contributed by atoms with van der Waals surface area (Å²) in [6.07, 6.45) is 0. The Hall–Kier alpha value is 3.35. The molecule has 0 aromatic heterocycles. The first-order valence-electron chi connectivity index (χ1n) is 4.51. The predicted molar refractivity (Wildman–Crippen MR) is 107 cm³/mol. The first kappa shape index (κ1) is 17.4. The van der Waals surface area contributed by atoms with Crippen molar-refractivity contribution in [3.05, 3.63) is 0 Å². The lowest BCUT2D eigenvalue weighted by atomic mass is 10.2. The van der Waals surface area contributed by atoms with Crippen molar-refractivity contribution < 1.29 is 0 Å². The second-order valence-electron chi connectivity index (χ2n) is 5.66. The molecule has 86 valence electrons. The Bertz CT molecular complexity index is 173. The molecule has 0 fully saturated rings. The average Bonchev–Trinajstić information content (AvgIpc) is 1.77. The Morgan fingerprint density at radius 3 is 0.857 bits per heavy atom. The molecule has 0 saturated carbocycles. The zero-order chi connectivity index (χ0) is 12.0. The van der Waals surface area contributed by atoms with Crippen LogP contribution >= 0.6 is 87.2 Å². The summed E-state index contributed by atoms with van der Waals surface area (Å²) in [5.41, 5.74) is 0. The normalized spacial score (nSPS) is 15.9. The Kier molecular flexibility index (Phi) is 6.39. The van der Waals surface area contributed by atoms with Crippen LogP contribution in [0.25, 0.3) is 0 Å². The largest absolute Gasteiger partial charge is 0.254 e. The summed E-state index contributed by atoms with van der Waals surface area (Å²) in [7, 11) is 0. The second kappa shape index (κ2) is 5.15. The zero-order valence-electron chi connectivity index (χ0n) is 9.51. The lowest BCUT2D eigenvalue weighted by molar-refractivity contribution is 0.657. The molecular formula is C8H18I4Si2. The lowest BCUT2D eigenvalue weighted by Gasteiger charge is -2.51. The molecule has 0 aliphatic carbocycles. The monoisotopic (exact) mass is 678 g/mol. The minimum Gasteiger partial charge on any atom is -0.118 e. The van der Waals surface area contributed by atoms with Gasteiger partial charge in [0.1, 0.15) is 0 Å². The van der Waals surface area contributed by atoms with Crippen molar-refractivity contribution >= 4 is 92.4 Å². The Labute approximate surface area is 141 Å². The van der Waals surface area contributed by atoms with Gasteiger partial charge in [0.15, 0.2) is 5.09 Å². The molecule has 0 spiro atoms. The van der Waals surface area contributed by atoms with E-state index in [1.807, 2.05) is 0 Å². The molecular weight excluding hydrogens is 660 g/mol. The van der Waals surface area contributed by atoms with Crippen LogP contribution in [0.3, 0.4) is 0 Å². The molecule has 0 aromatic rings. The number of halogens is 4. The van der Waals surface area contributed by atoms with E-state index in [9.17, 15) is 0 Å². The first-order chi connectivity index (χ1) is 5.75. The molecule has 6 heteroatoms. The van der Waals surface area contributed by atoms with Crippen molar-refractivity contribution in [1.29, 1.82) is 0 Å². The van der Waals surface area contributed by atoms with Crippen molar-refractivity contribution in [2.24, 2.45) is 0 Å². The molecule has 0 nitrogen and oxygen atoms in total. The molecule has 14 heavy (non-hydrogen) atoms. The second-order valence-corrected chi connectivity index (χ2v) is 65.7. The molecule has 0 amide bonds. The van der Waals surface area contributed by atoms with Gasteiger partial charge in [0.05, 0.1) is 0 Å². The van der Waals surface area contributed by atoms with E-state index < -0.39 is 5.17 Å². The molecule has 0 aromatic carbocycles. The van der Waals surface area contributed by atoms with Crippen molar-refractivity contribution in [3.8, 4) is 0 Å². The summed E-state index contributed by atoms with van der Waals surface area (Å²) in [5, 5.41) is -0.310. The Morgan fingerprint density at radius 2 is 0.857 bits per heavy atom. The van der Waals surface area contributed by atoms with Crippen LogP contribution in [-0.4, -0.2) is 5.17 Å². The van der Waals surface area contributed by atoms with E-state index in [1.54, 1.807) is 0 Å². The third-order valence-electron chi connectivity index (χ3n) is 2.46. The summed E-state index contributed by atoms with van der Waals surface area (Å²) < 4.78 is -1.15. The van der Waals surface area contributed by atoms with Gasteiger partial charge in [-0.1, -0.05) is 107 Å². The van der Waals surface area contributed by atoms with Gasteiger partial charge in [0, 0.05) is 0 Å². The van der Waals surface area contributed by atoms with Gasteiger partial charge in [-0.15, -0.1) is 21.8 Å². The number of hydrogen-bond acceptors (Lipinski definition) is 0. The zero-order valence-corrected chi connectivity index (χ0v) is 20.1. The summed E-state index contributed by atoms with van der Waals surface area (Å²) >= 11 is 11.2. The van der Waals surface area contributed by atoms with Crippen LogP contribution in [-0.2, 0) is 0 Å². The van der Waals surface area contributed by atoms with Gasteiger partial charge in [0.25, 0.3) is 0.0813 Å². The highest BCUT2D eigenvalue weighted by molar-refractivity contribution is 14.4. The maximum atomic E-state index is 2.87. The smallest absolute Gasteiger partial charge is 0.118 e. The van der Waals surface area contributed by atoms with E-state index in [1.165, 1.54) is 0 Å². The highest BCUT2D eigenvalue weighted by Crippen LogP contribution is 2.64. The van der Waals surface area contributed by atoms with Gasteiger partial charge < -0.3 is 0 Å². The van der Waals surface area contributed by atoms with Gasteiger partial charge in [-0.3, -0.25) is 0 Å². The van der Waals surface area contributed by atoms with Gasteiger partial charge in [-0.05, 0) is 10.1 Å². The van der Waals surface area contributed by atoms with E-state index in [-0.39, 0.29) is 0 Å². The fourth-order valence-corrected chi connectivity index (χ4v) is 54.7. The van der Waals surface area contributed by atoms with Crippen LogP contribution in [0.2, 0.25) is 10.1 Å². The predicted octanol–water partition coefficient (Wildman–Crippen LogP) is 6.29. The molecule has 0 aliphatic heterocycles. The number of rotatable bonds is 1. The topological polar surface area (TPSA) is 0 Å². The number of hydrogen-bond donors (Lipinski definition) is 0. The maximum absolute atomic E-state index is 2.87. The summed E-state index contributed by atoms with van der Waals surface area (Å²) in [6, 6.07) is 0. The molecule has 0 radical (unpaired) electrons. The van der Waals surface area contributed by atoms with Crippen molar-refractivity contribution in [1.82, 2.24) is 0 Å². The Morgan fingerprint density at radius 1 is 0.643 bits per heavy atom. The van der Waals surface area contributed by atoms with Crippen molar-refractivity contribution in [2.45, 2.75) is 51.6 Å². The molecule has 0 bridgehead atoms. The quantitative estimate of drug-likeness (QED) is 0.174. The molecule has 0 saturated heterocycles. The maximum Gasteiger partial charge on any atom is 0.254 e. The van der Waals surface area contributed by atoms with E-state index in [0.29, 0.717) is 10.1 Å². The van der Waals surface area contributed by atoms with Gasteiger partial charge >= 0.3 is 0 Å². The van der Waals surface area contributed by atoms with E-state index >= 15 is 0 Å². The summed E-state index contributed by atoms with van der Waals surface area (Å²) in [4.78, 5) is 0. The van der Waals surface area contributed by atoms with Crippen LogP contribution < -0.4 is 0 Å². The molecule has 0 heterocycles. The van der Waals surface area contributed by atoms with E-state index in [2.05, 4.69) is 129 Å². The molecule has 0 rings (SSSR count). The summed E-state index contributed by atoms with van der Waals surface area (Å²) in [6.45, 7) is 14.6. The minimum atomic E-state index is -1.29. The third-order valence-corrected chi connectivity index (χ3v) is 80.9. The van der Waals surface area contributed by atoms with Crippen molar-refractivity contribution in [3.63, 3.8) is 0 Å². The minimum absolute atomic E-state index is 0.488. The van der Waals surface area contributed by atoms with Gasteiger partial charge in [-0.25, -0.2) is 0 Å². The fraction of sp³-hybridized carbons (Fsp3) is 1.00. The average molecular weight is 678 g/mol. The third kappa shape index (κ3) is 3.43. The molecule has 0 unspecified atom stereocenters. The fourth-order valence-electron chi connectivity index (χ4n) is 1.98. The molecule has 0 atom stereocenters. The lowest BCUT2D eigenvalue weighted by Crippen LogP contribution is -2.59. The van der Waals surface area contributed by atoms with Crippen LogP contribution in [0.4, 0.5) is 0 Å². The van der Waals surface area contributed by atoms with Gasteiger partial charge in [0.2, 0.25) is 0 Å². The highest BCUT2D eigenvalue weighted by Gasteiger charge is 2.63. The van der Waals surface area contributed by atoms with E-state index in [0.717, 1.165) is 0 Å². The van der Waals surface area contributed by atoms with Crippen LogP contribution in [0, 0.1) is 0 Å². The molecule has 0 aliphatic rings. The van der Waals surface area contributed by atoms with Crippen LogP contribution in [0.15, 0.2) is 0 Å². The van der Waals surface area contributed by atoms with Gasteiger partial charge in [-0.2, -0.15) is 0 Å². The SMILES string of the molecule is CC(C)(C)[Si](I)(C(C)(C)C)[Si](I)(I)I. The van der Waals surface area contributed by atoms with Crippen LogP contribution in [0.1, 0.15) is 41.5 Å². The van der Waals surface area contributed by atoms with Crippen LogP contribution in [0.5, 0.6) is 0 Å². The van der Waals surface area contributed by atoms with Crippen molar-refractivity contribution in [2.75, 3.05) is 0 Å². The standard InChI is InChI=1S/C8H18I4Si2/c1-7(2,3)13(9,8(4,5)6)14(10,11)12/h1-6H3. The molecule has 0 N–H and O–H groups in total. The van der Waals surface area contributed by atoms with E-state index in [4.69, 9.17) is 0 Å². The summed E-state index contributed by atoms with van der Waals surface area (Å²) in [5.74, 6) is 0. The Balaban J connectivity index is 5.54. The first-order valence-corrected chi connectivity index (χ1v) is 22.0.